The Labute approximate surface area is 211 Å². The van der Waals surface area contributed by atoms with Gasteiger partial charge in [0.15, 0.2) is 5.58 Å². The van der Waals surface area contributed by atoms with Crippen LogP contribution >= 0.6 is 0 Å². The summed E-state index contributed by atoms with van der Waals surface area (Å²) < 4.78 is 13.6. The molecule has 0 saturated carbocycles. The number of carbonyl (C=O) groups excluding carboxylic acids is 2. The standard InChI is InChI=1S/C29H23N3O5/c1-28-12-13-29(37-28,14-15-31-25(33)20-8-4-5-9-22(20)36-31)24-23(28)26(34)32(27(24)35)21-11-10-17(16-30)18-6-2-3-7-19(18)21/h2-11,23-24H,12-15H2,1H3. The lowest BCUT2D eigenvalue weighted by molar-refractivity contribution is -0.131. The van der Waals surface area contributed by atoms with Gasteiger partial charge < -0.3 is 9.26 Å². The fourth-order valence-corrected chi connectivity index (χ4v) is 6.88. The van der Waals surface area contributed by atoms with E-state index >= 15 is 0 Å². The van der Waals surface area contributed by atoms with E-state index in [9.17, 15) is 19.6 Å². The van der Waals surface area contributed by atoms with Gasteiger partial charge in [-0.2, -0.15) is 10.0 Å². The van der Waals surface area contributed by atoms with Gasteiger partial charge >= 0.3 is 0 Å². The largest absolute Gasteiger partial charge is 0.376 e. The SMILES string of the molecule is CC12CCC(CCn3oc4ccccc4c3=O)(O1)C1C(=O)N(c3ccc(C#N)c4ccccc34)C(=O)C12. The zero-order chi connectivity index (χ0) is 25.5. The molecule has 3 aromatic carbocycles. The molecule has 3 fully saturated rings. The van der Waals surface area contributed by atoms with Gasteiger partial charge in [0.1, 0.15) is 0 Å². The van der Waals surface area contributed by atoms with Gasteiger partial charge in [0, 0.05) is 10.8 Å². The number of hydrogen-bond donors (Lipinski definition) is 0. The van der Waals surface area contributed by atoms with Gasteiger partial charge in [-0.15, -0.1) is 0 Å². The van der Waals surface area contributed by atoms with Gasteiger partial charge in [-0.25, -0.2) is 4.90 Å². The molecule has 4 unspecified atom stereocenters. The van der Waals surface area contributed by atoms with Gasteiger partial charge in [-0.1, -0.05) is 36.4 Å². The van der Waals surface area contributed by atoms with E-state index in [1.54, 1.807) is 30.3 Å². The number of benzene rings is 3. The highest BCUT2D eigenvalue weighted by Gasteiger charge is 2.73. The minimum atomic E-state index is -0.859. The average Bonchev–Trinajstić information content (AvgIpc) is 3.59. The van der Waals surface area contributed by atoms with E-state index in [0.717, 1.165) is 0 Å². The Bertz CT molecular complexity index is 1750. The van der Waals surface area contributed by atoms with E-state index in [-0.39, 0.29) is 23.9 Å². The maximum atomic E-state index is 14.0. The van der Waals surface area contributed by atoms with Crippen LogP contribution in [0.15, 0.2) is 70.0 Å². The Morgan fingerprint density at radius 3 is 2.38 bits per heavy atom. The quantitative estimate of drug-likeness (QED) is 0.396. The molecule has 3 aliphatic rings. The topological polar surface area (TPSA) is 106 Å². The second-order valence-corrected chi connectivity index (χ2v) is 10.5. The van der Waals surface area contributed by atoms with Crippen molar-refractivity contribution in [1.82, 2.24) is 4.74 Å². The Hall–Kier alpha value is -4.22. The number of nitrogens with zero attached hydrogens (tertiary/aromatic N) is 3. The van der Waals surface area contributed by atoms with Crippen LogP contribution < -0.4 is 10.5 Å². The third kappa shape index (κ3) is 2.83. The van der Waals surface area contributed by atoms with E-state index in [1.165, 1.54) is 9.64 Å². The summed E-state index contributed by atoms with van der Waals surface area (Å²) in [7, 11) is 0. The molecule has 0 spiro atoms. The number of amides is 2. The van der Waals surface area contributed by atoms with E-state index < -0.39 is 23.0 Å². The van der Waals surface area contributed by atoms with Crippen LogP contribution in [0.1, 0.15) is 31.7 Å². The molecule has 1 aromatic heterocycles. The first-order chi connectivity index (χ1) is 17.9. The summed E-state index contributed by atoms with van der Waals surface area (Å²) >= 11 is 0. The fourth-order valence-electron chi connectivity index (χ4n) is 6.88. The zero-order valence-corrected chi connectivity index (χ0v) is 20.1. The monoisotopic (exact) mass is 493 g/mol. The molecular weight excluding hydrogens is 470 g/mol. The van der Waals surface area contributed by atoms with E-state index in [0.29, 0.717) is 52.3 Å². The first kappa shape index (κ1) is 22.0. The maximum absolute atomic E-state index is 14.0. The molecule has 4 heterocycles. The van der Waals surface area contributed by atoms with Gasteiger partial charge in [0.25, 0.3) is 5.56 Å². The molecule has 184 valence electrons. The lowest BCUT2D eigenvalue weighted by Crippen LogP contribution is -2.43. The highest BCUT2D eigenvalue weighted by Crippen LogP contribution is 2.62. The van der Waals surface area contributed by atoms with Crippen LogP contribution in [-0.4, -0.2) is 27.8 Å². The van der Waals surface area contributed by atoms with E-state index in [4.69, 9.17) is 9.26 Å². The number of hydrogen-bond acceptors (Lipinski definition) is 6. The van der Waals surface area contributed by atoms with Crippen LogP contribution in [0, 0.1) is 23.2 Å². The highest BCUT2D eigenvalue weighted by molar-refractivity contribution is 6.26. The molecule has 3 aliphatic heterocycles. The van der Waals surface area contributed by atoms with Crippen LogP contribution in [0.3, 0.4) is 0 Å². The Morgan fingerprint density at radius 1 is 0.919 bits per heavy atom. The molecule has 8 heteroatoms. The molecule has 8 nitrogen and oxygen atoms in total. The number of imide groups is 1. The molecule has 37 heavy (non-hydrogen) atoms. The summed E-state index contributed by atoms with van der Waals surface area (Å²) in [4.78, 5) is 42.0. The number of fused-ring (bicyclic) bond motifs is 7. The van der Waals surface area contributed by atoms with Crippen LogP contribution in [0.2, 0.25) is 0 Å². The number of para-hydroxylation sites is 1. The van der Waals surface area contributed by atoms with Crippen LogP contribution in [-0.2, 0) is 20.9 Å². The molecule has 0 aliphatic carbocycles. The highest BCUT2D eigenvalue weighted by atomic mass is 16.5. The van der Waals surface area contributed by atoms with E-state index in [2.05, 4.69) is 6.07 Å². The third-order valence-corrected chi connectivity index (χ3v) is 8.56. The summed E-state index contributed by atoms with van der Waals surface area (Å²) in [6, 6.07) is 19.9. The predicted molar refractivity (Wildman–Crippen MR) is 135 cm³/mol. The van der Waals surface area contributed by atoms with Gasteiger partial charge in [-0.05, 0) is 50.5 Å². The number of anilines is 1. The number of nitriles is 1. The van der Waals surface area contributed by atoms with Crippen molar-refractivity contribution in [3.63, 3.8) is 0 Å². The van der Waals surface area contributed by atoms with Crippen molar-refractivity contribution in [1.29, 1.82) is 5.26 Å². The average molecular weight is 494 g/mol. The molecule has 7 rings (SSSR count). The summed E-state index contributed by atoms with van der Waals surface area (Å²) in [5.41, 5.74) is -0.346. The minimum absolute atomic E-state index is 0.221. The molecule has 3 saturated heterocycles. The number of carbonyl (C=O) groups is 2. The molecule has 4 aromatic rings. The van der Waals surface area contributed by atoms with Crippen molar-refractivity contribution in [2.75, 3.05) is 4.90 Å². The smallest absolute Gasteiger partial charge is 0.290 e. The molecule has 4 atom stereocenters. The number of aromatic nitrogens is 1. The lowest BCUT2D eigenvalue weighted by atomic mass is 9.67. The number of rotatable bonds is 4. The van der Waals surface area contributed by atoms with Crippen LogP contribution in [0.5, 0.6) is 0 Å². The fraction of sp³-hybridized carbons (Fsp3) is 0.310. The second-order valence-electron chi connectivity index (χ2n) is 10.5. The van der Waals surface area contributed by atoms with Crippen LogP contribution in [0.25, 0.3) is 21.7 Å². The normalized spacial score (nSPS) is 28.4. The zero-order valence-electron chi connectivity index (χ0n) is 20.1. The maximum Gasteiger partial charge on any atom is 0.290 e. The van der Waals surface area contributed by atoms with Crippen molar-refractivity contribution in [2.24, 2.45) is 11.8 Å². The lowest BCUT2D eigenvalue weighted by Gasteiger charge is -2.31. The molecule has 2 amide bonds. The Balaban J connectivity index is 1.27. The summed E-state index contributed by atoms with van der Waals surface area (Å²) in [6.07, 6.45) is 1.66. The van der Waals surface area contributed by atoms with E-state index in [1.807, 2.05) is 37.3 Å². The molecular formula is C29H23N3O5. The molecule has 0 radical (unpaired) electrons. The Kier molecular flexibility index (Phi) is 4.40. The summed E-state index contributed by atoms with van der Waals surface area (Å²) in [6.45, 7) is 2.16. The minimum Gasteiger partial charge on any atom is -0.376 e. The number of ether oxygens (including phenoxy) is 1. The first-order valence-corrected chi connectivity index (χ1v) is 12.5. The molecule has 2 bridgehead atoms. The van der Waals surface area contributed by atoms with Crippen molar-refractivity contribution >= 4 is 39.2 Å². The Morgan fingerprint density at radius 2 is 1.62 bits per heavy atom. The van der Waals surface area contributed by atoms with Crippen molar-refractivity contribution in [3.05, 3.63) is 76.6 Å². The third-order valence-electron chi connectivity index (χ3n) is 8.56. The summed E-state index contributed by atoms with van der Waals surface area (Å²) in [5.74, 6) is -1.80. The van der Waals surface area contributed by atoms with Gasteiger partial charge in [0.05, 0.1) is 52.3 Å². The molecule has 0 N–H and O–H groups in total. The summed E-state index contributed by atoms with van der Waals surface area (Å²) in [5, 5.41) is 11.4. The van der Waals surface area contributed by atoms with Crippen LogP contribution in [0.4, 0.5) is 5.69 Å². The number of aryl methyl sites for hydroxylation is 1. The van der Waals surface area contributed by atoms with Crippen molar-refractivity contribution in [3.8, 4) is 6.07 Å². The van der Waals surface area contributed by atoms with Crippen molar-refractivity contribution < 1.29 is 18.8 Å². The predicted octanol–water partition coefficient (Wildman–Crippen LogP) is 4.14. The second kappa shape index (κ2) is 7.40. The van der Waals surface area contributed by atoms with Gasteiger partial charge in [0.2, 0.25) is 11.8 Å². The van der Waals surface area contributed by atoms with Crippen molar-refractivity contribution in [2.45, 2.75) is 43.9 Å². The first-order valence-electron chi connectivity index (χ1n) is 12.5. The van der Waals surface area contributed by atoms with Gasteiger partial charge in [-0.3, -0.25) is 14.4 Å².